The van der Waals surface area contributed by atoms with E-state index >= 15 is 0 Å². The van der Waals surface area contributed by atoms with Gasteiger partial charge >= 0.3 is 5.97 Å². The van der Waals surface area contributed by atoms with Crippen molar-refractivity contribution >= 4 is 5.97 Å². The molecular weight excluding hydrogens is 272 g/mol. The van der Waals surface area contributed by atoms with Crippen molar-refractivity contribution in [2.45, 2.75) is 96.8 Å². The van der Waals surface area contributed by atoms with Gasteiger partial charge in [0.05, 0.1) is 0 Å². The first kappa shape index (κ1) is 20.9. The van der Waals surface area contributed by atoms with Gasteiger partial charge in [0.25, 0.3) is 0 Å². The lowest BCUT2D eigenvalue weighted by molar-refractivity contribution is -0.131. The summed E-state index contributed by atoms with van der Waals surface area (Å²) in [7, 11) is 0. The number of allylic oxidation sites excluding steroid dienone is 3. The van der Waals surface area contributed by atoms with Gasteiger partial charge in [-0.25, -0.2) is 4.79 Å². The van der Waals surface area contributed by atoms with Crippen molar-refractivity contribution in [3.05, 3.63) is 24.3 Å². The molecule has 0 aromatic rings. The van der Waals surface area contributed by atoms with Crippen molar-refractivity contribution < 1.29 is 9.90 Å². The Balaban J connectivity index is 3.10. The van der Waals surface area contributed by atoms with Crippen LogP contribution in [-0.2, 0) is 4.79 Å². The monoisotopic (exact) mass is 308 g/mol. The summed E-state index contributed by atoms with van der Waals surface area (Å²) in [6.07, 6.45) is 25.6. The molecule has 0 fully saturated rings. The Kier molecular flexibility index (Phi) is 17.1. The number of hydrogen-bond donors (Lipinski definition) is 1. The molecule has 0 heterocycles. The minimum atomic E-state index is -0.884. The van der Waals surface area contributed by atoms with E-state index < -0.39 is 5.97 Å². The second-order valence-corrected chi connectivity index (χ2v) is 6.16. The molecule has 0 aliphatic rings. The molecule has 2 heteroatoms. The summed E-state index contributed by atoms with van der Waals surface area (Å²) in [5.41, 5.74) is 0. The van der Waals surface area contributed by atoms with Gasteiger partial charge in [0.15, 0.2) is 0 Å². The molecule has 0 rings (SSSR count). The standard InChI is InChI=1S/C20H36O2/c1-2-3-4-5-6-7-8-9-10-11-12-13-14-15-16-17-18-19-20(21)22/h16-19H,2-15H2,1H3,(H,21,22)/b17-16+,19-18+. The molecule has 0 saturated heterocycles. The highest BCUT2D eigenvalue weighted by atomic mass is 16.4. The van der Waals surface area contributed by atoms with E-state index in [4.69, 9.17) is 5.11 Å². The van der Waals surface area contributed by atoms with Crippen LogP contribution < -0.4 is 0 Å². The Morgan fingerprint density at radius 2 is 1.18 bits per heavy atom. The largest absolute Gasteiger partial charge is 0.478 e. The molecule has 0 unspecified atom stereocenters. The van der Waals surface area contributed by atoms with Gasteiger partial charge in [-0.05, 0) is 12.8 Å². The molecule has 22 heavy (non-hydrogen) atoms. The lowest BCUT2D eigenvalue weighted by Gasteiger charge is -2.02. The average Bonchev–Trinajstić information content (AvgIpc) is 2.50. The van der Waals surface area contributed by atoms with E-state index in [-0.39, 0.29) is 0 Å². The van der Waals surface area contributed by atoms with Gasteiger partial charge in [-0.1, -0.05) is 102 Å². The predicted octanol–water partition coefficient (Wildman–Crippen LogP) is 6.66. The van der Waals surface area contributed by atoms with Gasteiger partial charge in [0, 0.05) is 6.08 Å². The third-order valence-electron chi connectivity index (χ3n) is 3.96. The fraction of sp³-hybridized carbons (Fsp3) is 0.750. The van der Waals surface area contributed by atoms with Crippen molar-refractivity contribution in [1.29, 1.82) is 0 Å². The Bertz CT molecular complexity index is 292. The van der Waals surface area contributed by atoms with Crippen LogP contribution in [0.15, 0.2) is 24.3 Å². The van der Waals surface area contributed by atoms with E-state index in [0.29, 0.717) is 0 Å². The first-order valence-corrected chi connectivity index (χ1v) is 9.33. The van der Waals surface area contributed by atoms with Crippen LogP contribution >= 0.6 is 0 Å². The van der Waals surface area contributed by atoms with Gasteiger partial charge < -0.3 is 5.11 Å². The molecule has 0 aromatic carbocycles. The van der Waals surface area contributed by atoms with Crippen LogP contribution in [-0.4, -0.2) is 11.1 Å². The van der Waals surface area contributed by atoms with E-state index in [2.05, 4.69) is 13.0 Å². The molecule has 0 radical (unpaired) electrons. The van der Waals surface area contributed by atoms with Crippen molar-refractivity contribution in [1.82, 2.24) is 0 Å². The van der Waals surface area contributed by atoms with Crippen LogP contribution in [0, 0.1) is 0 Å². The van der Waals surface area contributed by atoms with Crippen LogP contribution in [0.2, 0.25) is 0 Å². The smallest absolute Gasteiger partial charge is 0.328 e. The first-order chi connectivity index (χ1) is 10.8. The summed E-state index contributed by atoms with van der Waals surface area (Å²) in [5.74, 6) is -0.884. The van der Waals surface area contributed by atoms with Crippen molar-refractivity contribution in [3.8, 4) is 0 Å². The molecule has 0 saturated carbocycles. The molecule has 0 amide bonds. The molecule has 1 N–H and O–H groups in total. The van der Waals surface area contributed by atoms with Crippen molar-refractivity contribution in [2.75, 3.05) is 0 Å². The number of carboxylic acids is 1. The predicted molar refractivity (Wildman–Crippen MR) is 96.2 cm³/mol. The number of carbonyl (C=O) groups is 1. The lowest BCUT2D eigenvalue weighted by atomic mass is 10.0. The average molecular weight is 309 g/mol. The first-order valence-electron chi connectivity index (χ1n) is 9.33. The Labute approximate surface area is 137 Å². The lowest BCUT2D eigenvalue weighted by Crippen LogP contribution is -1.84. The summed E-state index contributed by atoms with van der Waals surface area (Å²) < 4.78 is 0. The molecule has 0 aromatic heterocycles. The third kappa shape index (κ3) is 18.9. The summed E-state index contributed by atoms with van der Waals surface area (Å²) in [4.78, 5) is 10.2. The second-order valence-electron chi connectivity index (χ2n) is 6.16. The molecule has 0 aliphatic carbocycles. The van der Waals surface area contributed by atoms with Crippen LogP contribution in [0.1, 0.15) is 96.8 Å². The zero-order valence-electron chi connectivity index (χ0n) is 14.6. The highest BCUT2D eigenvalue weighted by Gasteiger charge is 1.93. The Hall–Kier alpha value is -1.05. The van der Waals surface area contributed by atoms with Crippen LogP contribution in [0.4, 0.5) is 0 Å². The van der Waals surface area contributed by atoms with Crippen molar-refractivity contribution in [3.63, 3.8) is 0 Å². The van der Waals surface area contributed by atoms with E-state index in [1.54, 1.807) is 6.08 Å². The van der Waals surface area contributed by atoms with Crippen LogP contribution in [0.5, 0.6) is 0 Å². The quantitative estimate of drug-likeness (QED) is 0.196. The Morgan fingerprint density at radius 3 is 1.64 bits per heavy atom. The highest BCUT2D eigenvalue weighted by Crippen LogP contribution is 2.12. The highest BCUT2D eigenvalue weighted by molar-refractivity contribution is 5.80. The van der Waals surface area contributed by atoms with Gasteiger partial charge in [0.1, 0.15) is 0 Å². The summed E-state index contributed by atoms with van der Waals surface area (Å²) in [6, 6.07) is 0. The molecule has 0 spiro atoms. The minimum absolute atomic E-state index is 0.884. The normalized spacial score (nSPS) is 11.7. The van der Waals surface area contributed by atoms with Gasteiger partial charge in [-0.15, -0.1) is 0 Å². The van der Waals surface area contributed by atoms with Crippen molar-refractivity contribution in [2.24, 2.45) is 0 Å². The second kappa shape index (κ2) is 18.0. The summed E-state index contributed by atoms with van der Waals surface area (Å²) in [5, 5.41) is 8.42. The Morgan fingerprint density at radius 1 is 0.727 bits per heavy atom. The minimum Gasteiger partial charge on any atom is -0.478 e. The molecular formula is C20H36O2. The van der Waals surface area contributed by atoms with Gasteiger partial charge in [-0.3, -0.25) is 0 Å². The molecule has 0 bridgehead atoms. The third-order valence-corrected chi connectivity index (χ3v) is 3.96. The maximum Gasteiger partial charge on any atom is 0.328 e. The fourth-order valence-corrected chi connectivity index (χ4v) is 2.59. The number of unbranched alkanes of at least 4 members (excludes halogenated alkanes) is 13. The molecule has 0 aliphatic heterocycles. The maximum atomic E-state index is 10.2. The number of hydrogen-bond acceptors (Lipinski definition) is 1. The zero-order chi connectivity index (χ0) is 16.3. The number of rotatable bonds is 16. The molecule has 2 nitrogen and oxygen atoms in total. The SMILES string of the molecule is CCCCCCCCCCCCCCC/C=C/C=C/C(=O)O. The van der Waals surface area contributed by atoms with Crippen LogP contribution in [0.3, 0.4) is 0 Å². The summed E-state index contributed by atoms with van der Waals surface area (Å²) in [6.45, 7) is 2.27. The molecule has 128 valence electrons. The maximum absolute atomic E-state index is 10.2. The van der Waals surface area contributed by atoms with E-state index in [0.717, 1.165) is 6.42 Å². The van der Waals surface area contributed by atoms with E-state index in [1.165, 1.54) is 89.5 Å². The van der Waals surface area contributed by atoms with E-state index in [1.807, 2.05) is 6.08 Å². The fourth-order valence-electron chi connectivity index (χ4n) is 2.59. The van der Waals surface area contributed by atoms with Crippen LogP contribution in [0.25, 0.3) is 0 Å². The molecule has 0 atom stereocenters. The zero-order valence-corrected chi connectivity index (χ0v) is 14.6. The van der Waals surface area contributed by atoms with E-state index in [9.17, 15) is 4.79 Å². The topological polar surface area (TPSA) is 37.3 Å². The number of carboxylic acid groups (broad SMARTS) is 1. The van der Waals surface area contributed by atoms with Gasteiger partial charge in [-0.2, -0.15) is 0 Å². The number of aliphatic carboxylic acids is 1. The summed E-state index contributed by atoms with van der Waals surface area (Å²) >= 11 is 0. The van der Waals surface area contributed by atoms with Gasteiger partial charge in [0.2, 0.25) is 0 Å².